The normalized spacial score (nSPS) is 14.8. The zero-order valence-electron chi connectivity index (χ0n) is 17.4. The molecule has 0 radical (unpaired) electrons. The molecular formula is C24H28N4O. The van der Waals surface area contributed by atoms with Crippen molar-refractivity contribution in [1.29, 1.82) is 0 Å². The standard InChI is InChI=1S/C24H28N4O/c1-17-4-6-19(7-5-17)23-16-22(26-27(23)3)24(29)25-20-8-10-21(11-9-20)28-14-12-18(2)13-15-28/h4-11,16,18H,12-15H2,1-3H3,(H,25,29). The molecule has 1 aromatic heterocycles. The van der Waals surface area contributed by atoms with E-state index >= 15 is 0 Å². The van der Waals surface area contributed by atoms with E-state index in [0.717, 1.165) is 36.0 Å². The second-order valence-corrected chi connectivity index (χ2v) is 8.08. The molecule has 1 aliphatic heterocycles. The van der Waals surface area contributed by atoms with E-state index in [-0.39, 0.29) is 5.91 Å². The van der Waals surface area contributed by atoms with Gasteiger partial charge in [0, 0.05) is 31.5 Å². The molecule has 0 unspecified atom stereocenters. The third-order valence-corrected chi connectivity index (χ3v) is 5.73. The van der Waals surface area contributed by atoms with Crippen molar-refractivity contribution < 1.29 is 4.79 Å². The Labute approximate surface area is 172 Å². The number of hydrogen-bond acceptors (Lipinski definition) is 3. The van der Waals surface area contributed by atoms with Crippen molar-refractivity contribution in [2.45, 2.75) is 26.7 Å². The summed E-state index contributed by atoms with van der Waals surface area (Å²) in [4.78, 5) is 15.1. The molecule has 0 atom stereocenters. The van der Waals surface area contributed by atoms with Gasteiger partial charge in [-0.05, 0) is 61.6 Å². The Morgan fingerprint density at radius 3 is 2.34 bits per heavy atom. The van der Waals surface area contributed by atoms with Crippen LogP contribution in [0, 0.1) is 12.8 Å². The summed E-state index contributed by atoms with van der Waals surface area (Å²) in [5.41, 5.74) is 5.59. The molecule has 1 amide bonds. The average Bonchev–Trinajstić information content (AvgIpc) is 3.12. The van der Waals surface area contributed by atoms with Crippen LogP contribution in [-0.4, -0.2) is 28.8 Å². The first-order valence-electron chi connectivity index (χ1n) is 10.3. The first-order chi connectivity index (χ1) is 14.0. The Morgan fingerprint density at radius 1 is 1.03 bits per heavy atom. The van der Waals surface area contributed by atoms with Gasteiger partial charge in [-0.2, -0.15) is 5.10 Å². The molecule has 0 bridgehead atoms. The highest BCUT2D eigenvalue weighted by atomic mass is 16.1. The van der Waals surface area contributed by atoms with Gasteiger partial charge in [-0.15, -0.1) is 0 Å². The lowest BCUT2D eigenvalue weighted by molar-refractivity contribution is 0.102. The fourth-order valence-corrected chi connectivity index (χ4v) is 3.79. The molecule has 5 heteroatoms. The molecule has 1 aliphatic rings. The number of aryl methyl sites for hydroxylation is 2. The molecule has 150 valence electrons. The number of carbonyl (C=O) groups excluding carboxylic acids is 1. The van der Waals surface area contributed by atoms with E-state index in [1.54, 1.807) is 4.68 Å². The first kappa shape index (κ1) is 19.2. The average molecular weight is 389 g/mol. The molecule has 0 saturated carbocycles. The number of amides is 1. The molecule has 1 N–H and O–H groups in total. The van der Waals surface area contributed by atoms with Crippen molar-refractivity contribution in [3.63, 3.8) is 0 Å². The topological polar surface area (TPSA) is 50.2 Å². The molecule has 5 nitrogen and oxygen atoms in total. The van der Waals surface area contributed by atoms with Gasteiger partial charge >= 0.3 is 0 Å². The predicted octanol–water partition coefficient (Wildman–Crippen LogP) is 4.88. The number of piperidine rings is 1. The van der Waals surface area contributed by atoms with Crippen LogP contribution in [0.5, 0.6) is 0 Å². The van der Waals surface area contributed by atoms with E-state index in [0.29, 0.717) is 5.69 Å². The fourth-order valence-electron chi connectivity index (χ4n) is 3.79. The maximum Gasteiger partial charge on any atom is 0.276 e. The molecule has 0 aliphatic carbocycles. The van der Waals surface area contributed by atoms with Gasteiger partial charge in [0.2, 0.25) is 0 Å². The highest BCUT2D eigenvalue weighted by Crippen LogP contribution is 2.25. The van der Waals surface area contributed by atoms with E-state index in [1.807, 2.05) is 37.4 Å². The van der Waals surface area contributed by atoms with Crippen molar-refractivity contribution in [3.05, 3.63) is 65.9 Å². The maximum atomic E-state index is 12.7. The summed E-state index contributed by atoms with van der Waals surface area (Å²) in [6, 6.07) is 18.2. The van der Waals surface area contributed by atoms with Gasteiger partial charge in [0.05, 0.1) is 5.69 Å². The molecule has 0 spiro atoms. The Morgan fingerprint density at radius 2 is 1.69 bits per heavy atom. The maximum absolute atomic E-state index is 12.7. The number of aromatic nitrogens is 2. The van der Waals surface area contributed by atoms with Gasteiger partial charge in [0.25, 0.3) is 5.91 Å². The van der Waals surface area contributed by atoms with Crippen LogP contribution in [0.1, 0.15) is 35.8 Å². The van der Waals surface area contributed by atoms with Crippen LogP contribution in [-0.2, 0) is 7.05 Å². The lowest BCUT2D eigenvalue weighted by atomic mass is 9.99. The summed E-state index contributed by atoms with van der Waals surface area (Å²) in [7, 11) is 1.86. The predicted molar refractivity (Wildman–Crippen MR) is 118 cm³/mol. The summed E-state index contributed by atoms with van der Waals surface area (Å²) in [6.07, 6.45) is 2.48. The smallest absolute Gasteiger partial charge is 0.276 e. The first-order valence-corrected chi connectivity index (χ1v) is 10.3. The molecule has 1 fully saturated rings. The van der Waals surface area contributed by atoms with Crippen LogP contribution in [0.2, 0.25) is 0 Å². The number of anilines is 2. The summed E-state index contributed by atoms with van der Waals surface area (Å²) in [5, 5.41) is 7.36. The molecule has 1 saturated heterocycles. The van der Waals surface area contributed by atoms with Gasteiger partial charge in [-0.3, -0.25) is 9.48 Å². The molecule has 4 rings (SSSR count). The monoisotopic (exact) mass is 388 g/mol. The fraction of sp³-hybridized carbons (Fsp3) is 0.333. The number of rotatable bonds is 4. The van der Waals surface area contributed by atoms with Crippen LogP contribution >= 0.6 is 0 Å². The van der Waals surface area contributed by atoms with Crippen molar-refractivity contribution in [3.8, 4) is 11.3 Å². The van der Waals surface area contributed by atoms with Crippen LogP contribution < -0.4 is 10.2 Å². The van der Waals surface area contributed by atoms with Gasteiger partial charge in [0.15, 0.2) is 5.69 Å². The number of benzene rings is 2. The SMILES string of the molecule is Cc1ccc(-c2cc(C(=O)Nc3ccc(N4CCC(C)CC4)cc3)nn2C)cc1. The molecule has 3 aromatic rings. The number of carbonyl (C=O) groups is 1. The van der Waals surface area contributed by atoms with Crippen LogP contribution in [0.25, 0.3) is 11.3 Å². The largest absolute Gasteiger partial charge is 0.372 e. The summed E-state index contributed by atoms with van der Waals surface area (Å²) in [6.45, 7) is 6.58. The Kier molecular flexibility index (Phi) is 5.38. The number of nitrogens with one attached hydrogen (secondary N) is 1. The zero-order valence-corrected chi connectivity index (χ0v) is 17.4. The minimum Gasteiger partial charge on any atom is -0.372 e. The van der Waals surface area contributed by atoms with Gasteiger partial charge in [-0.1, -0.05) is 36.8 Å². The summed E-state index contributed by atoms with van der Waals surface area (Å²) in [5.74, 6) is 0.617. The summed E-state index contributed by atoms with van der Waals surface area (Å²) >= 11 is 0. The van der Waals surface area contributed by atoms with E-state index in [2.05, 4.69) is 53.4 Å². The third kappa shape index (κ3) is 4.34. The minimum atomic E-state index is -0.196. The van der Waals surface area contributed by atoms with Crippen molar-refractivity contribution >= 4 is 17.3 Å². The van der Waals surface area contributed by atoms with E-state index in [1.165, 1.54) is 24.1 Å². The number of hydrogen-bond donors (Lipinski definition) is 1. The molecule has 2 heterocycles. The highest BCUT2D eigenvalue weighted by molar-refractivity contribution is 6.03. The lowest BCUT2D eigenvalue weighted by Gasteiger charge is -2.32. The lowest BCUT2D eigenvalue weighted by Crippen LogP contribution is -2.32. The number of nitrogens with zero attached hydrogens (tertiary/aromatic N) is 3. The quantitative estimate of drug-likeness (QED) is 0.693. The molecule has 29 heavy (non-hydrogen) atoms. The second-order valence-electron chi connectivity index (χ2n) is 8.08. The third-order valence-electron chi connectivity index (χ3n) is 5.73. The Bertz CT molecular complexity index is 981. The second kappa shape index (κ2) is 8.11. The Balaban J connectivity index is 1.44. The zero-order chi connectivity index (χ0) is 20.4. The van der Waals surface area contributed by atoms with Crippen molar-refractivity contribution in [1.82, 2.24) is 9.78 Å². The van der Waals surface area contributed by atoms with Gasteiger partial charge in [0.1, 0.15) is 0 Å². The van der Waals surface area contributed by atoms with Gasteiger partial charge in [-0.25, -0.2) is 0 Å². The highest BCUT2D eigenvalue weighted by Gasteiger charge is 2.17. The van der Waals surface area contributed by atoms with Crippen LogP contribution in [0.3, 0.4) is 0 Å². The van der Waals surface area contributed by atoms with Crippen molar-refractivity contribution in [2.24, 2.45) is 13.0 Å². The van der Waals surface area contributed by atoms with Gasteiger partial charge < -0.3 is 10.2 Å². The van der Waals surface area contributed by atoms with E-state index in [4.69, 9.17) is 0 Å². The van der Waals surface area contributed by atoms with E-state index in [9.17, 15) is 4.79 Å². The Hall–Kier alpha value is -3.08. The van der Waals surface area contributed by atoms with Crippen LogP contribution in [0.4, 0.5) is 11.4 Å². The minimum absolute atomic E-state index is 0.196. The molecular weight excluding hydrogens is 360 g/mol. The van der Waals surface area contributed by atoms with E-state index < -0.39 is 0 Å². The van der Waals surface area contributed by atoms with Crippen LogP contribution in [0.15, 0.2) is 54.6 Å². The van der Waals surface area contributed by atoms with Crippen molar-refractivity contribution in [2.75, 3.05) is 23.3 Å². The summed E-state index contributed by atoms with van der Waals surface area (Å²) < 4.78 is 1.75. The molecule has 2 aromatic carbocycles.